The van der Waals surface area contributed by atoms with Crippen LogP contribution in [-0.2, 0) is 22.7 Å². The molecule has 1 atom stereocenters. The number of nitrogens with one attached hydrogen (secondary N) is 1. The molecule has 0 bridgehead atoms. The fourth-order valence-corrected chi connectivity index (χ4v) is 4.35. The number of pyridine rings is 1. The number of likely N-dealkylation sites (tertiary alicyclic amines) is 2. The van der Waals surface area contributed by atoms with E-state index in [0.717, 1.165) is 57.6 Å². The van der Waals surface area contributed by atoms with Crippen molar-refractivity contribution in [1.82, 2.24) is 40.3 Å². The first-order valence-electron chi connectivity index (χ1n) is 10.6. The topological polar surface area (TPSA) is 109 Å². The van der Waals surface area contributed by atoms with Gasteiger partial charge < -0.3 is 10.2 Å². The lowest BCUT2D eigenvalue weighted by molar-refractivity contribution is -0.133. The molecular formula is C20H28N8O2. The number of piperidine rings is 2. The highest BCUT2D eigenvalue weighted by molar-refractivity contribution is 5.79. The Kier molecular flexibility index (Phi) is 6.63. The van der Waals surface area contributed by atoms with E-state index >= 15 is 0 Å². The number of aromatic nitrogens is 5. The molecule has 2 aromatic rings. The van der Waals surface area contributed by atoms with E-state index in [1.807, 2.05) is 23.1 Å². The van der Waals surface area contributed by atoms with Gasteiger partial charge in [0.2, 0.25) is 11.8 Å². The second kappa shape index (κ2) is 9.75. The highest BCUT2D eigenvalue weighted by atomic mass is 16.2. The van der Waals surface area contributed by atoms with Crippen LogP contribution in [0, 0.1) is 5.92 Å². The standard InChI is InChI=1S/C20H28N8O2/c29-19(14-28-15-23-24-25-28)26-10-6-18(7-11-26)27-9-3-4-16(13-27)20(30)22-12-17-5-1-2-8-21-17/h1-2,5,8,15-16,18H,3-4,6-7,9-14H2,(H,22,30). The minimum atomic E-state index is 0.0157. The number of amides is 2. The van der Waals surface area contributed by atoms with Gasteiger partial charge in [-0.3, -0.25) is 19.5 Å². The van der Waals surface area contributed by atoms with Gasteiger partial charge in [-0.25, -0.2) is 4.68 Å². The lowest BCUT2D eigenvalue weighted by Crippen LogP contribution is -2.51. The minimum Gasteiger partial charge on any atom is -0.350 e. The summed E-state index contributed by atoms with van der Waals surface area (Å²) in [5, 5.41) is 13.9. The van der Waals surface area contributed by atoms with E-state index in [-0.39, 0.29) is 24.3 Å². The van der Waals surface area contributed by atoms with E-state index in [0.29, 0.717) is 12.6 Å². The second-order valence-electron chi connectivity index (χ2n) is 7.99. The second-order valence-corrected chi connectivity index (χ2v) is 7.99. The Morgan fingerprint density at radius 1 is 1.13 bits per heavy atom. The summed E-state index contributed by atoms with van der Waals surface area (Å²) in [5.41, 5.74) is 0.872. The maximum Gasteiger partial charge on any atom is 0.244 e. The lowest BCUT2D eigenvalue weighted by Gasteiger charge is -2.42. The summed E-state index contributed by atoms with van der Waals surface area (Å²) >= 11 is 0. The molecule has 10 heteroatoms. The van der Waals surface area contributed by atoms with Gasteiger partial charge in [0.1, 0.15) is 12.9 Å². The summed E-state index contributed by atoms with van der Waals surface area (Å²) < 4.78 is 1.45. The lowest BCUT2D eigenvalue weighted by atomic mass is 9.93. The average Bonchev–Trinajstić information content (AvgIpc) is 3.31. The van der Waals surface area contributed by atoms with Crippen molar-refractivity contribution in [3.05, 3.63) is 36.4 Å². The van der Waals surface area contributed by atoms with Gasteiger partial charge in [0.15, 0.2) is 0 Å². The van der Waals surface area contributed by atoms with Crippen molar-refractivity contribution >= 4 is 11.8 Å². The summed E-state index contributed by atoms with van der Waals surface area (Å²) in [5.74, 6) is 0.174. The number of rotatable bonds is 6. The molecule has 2 amide bonds. The molecule has 0 spiro atoms. The average molecular weight is 412 g/mol. The van der Waals surface area contributed by atoms with Crippen LogP contribution in [0.4, 0.5) is 0 Å². The predicted molar refractivity (Wildman–Crippen MR) is 108 cm³/mol. The van der Waals surface area contributed by atoms with Crippen LogP contribution in [-0.4, -0.2) is 79.0 Å². The van der Waals surface area contributed by atoms with Gasteiger partial charge >= 0.3 is 0 Å². The van der Waals surface area contributed by atoms with Gasteiger partial charge in [-0.1, -0.05) is 6.07 Å². The third-order valence-electron chi connectivity index (χ3n) is 6.02. The van der Waals surface area contributed by atoms with Crippen LogP contribution in [0.15, 0.2) is 30.7 Å². The number of tetrazole rings is 1. The Morgan fingerprint density at radius 3 is 2.73 bits per heavy atom. The molecule has 2 aromatic heterocycles. The zero-order valence-corrected chi connectivity index (χ0v) is 17.1. The van der Waals surface area contributed by atoms with E-state index in [2.05, 4.69) is 30.7 Å². The molecular weight excluding hydrogens is 384 g/mol. The van der Waals surface area contributed by atoms with Crippen LogP contribution in [0.3, 0.4) is 0 Å². The maximum atomic E-state index is 12.7. The molecule has 0 aromatic carbocycles. The fraction of sp³-hybridized carbons (Fsp3) is 0.600. The quantitative estimate of drug-likeness (QED) is 0.716. The predicted octanol–water partition coefficient (Wildman–Crippen LogP) is 0.0875. The zero-order valence-electron chi connectivity index (χ0n) is 17.1. The molecule has 0 radical (unpaired) electrons. The Labute approximate surface area is 175 Å². The number of carbonyl (C=O) groups excluding carboxylic acids is 2. The molecule has 0 aliphatic carbocycles. The van der Waals surface area contributed by atoms with Crippen LogP contribution < -0.4 is 5.32 Å². The van der Waals surface area contributed by atoms with Crippen molar-refractivity contribution in [3.8, 4) is 0 Å². The Bertz CT molecular complexity index is 821. The Morgan fingerprint density at radius 2 is 2.00 bits per heavy atom. The van der Waals surface area contributed by atoms with Crippen LogP contribution in [0.5, 0.6) is 0 Å². The van der Waals surface area contributed by atoms with E-state index in [4.69, 9.17) is 0 Å². The zero-order chi connectivity index (χ0) is 20.8. The minimum absolute atomic E-state index is 0.0157. The first-order chi connectivity index (χ1) is 14.7. The van der Waals surface area contributed by atoms with Gasteiger partial charge in [0, 0.05) is 31.9 Å². The first-order valence-corrected chi connectivity index (χ1v) is 10.6. The molecule has 2 saturated heterocycles. The maximum absolute atomic E-state index is 12.7. The Balaban J connectivity index is 1.23. The van der Waals surface area contributed by atoms with Gasteiger partial charge in [-0.2, -0.15) is 0 Å². The summed E-state index contributed by atoms with van der Waals surface area (Å²) in [4.78, 5) is 33.7. The van der Waals surface area contributed by atoms with Crippen molar-refractivity contribution in [2.45, 2.75) is 44.8 Å². The monoisotopic (exact) mass is 412 g/mol. The van der Waals surface area contributed by atoms with Crippen molar-refractivity contribution in [1.29, 1.82) is 0 Å². The van der Waals surface area contributed by atoms with E-state index in [1.165, 1.54) is 11.0 Å². The molecule has 10 nitrogen and oxygen atoms in total. The van der Waals surface area contributed by atoms with Gasteiger partial charge in [0.25, 0.3) is 0 Å². The molecule has 4 heterocycles. The fourth-order valence-electron chi connectivity index (χ4n) is 4.35. The molecule has 4 rings (SSSR count). The smallest absolute Gasteiger partial charge is 0.244 e. The van der Waals surface area contributed by atoms with Crippen molar-refractivity contribution in [3.63, 3.8) is 0 Å². The van der Waals surface area contributed by atoms with Crippen LogP contribution in [0.25, 0.3) is 0 Å². The first kappa shape index (κ1) is 20.4. The van der Waals surface area contributed by atoms with E-state index < -0.39 is 0 Å². The largest absolute Gasteiger partial charge is 0.350 e. The summed E-state index contributed by atoms with van der Waals surface area (Å²) in [7, 11) is 0. The molecule has 2 fully saturated rings. The van der Waals surface area contributed by atoms with E-state index in [9.17, 15) is 9.59 Å². The van der Waals surface area contributed by atoms with Crippen LogP contribution in [0.2, 0.25) is 0 Å². The highest BCUT2D eigenvalue weighted by Gasteiger charge is 2.32. The number of hydrogen-bond donors (Lipinski definition) is 1. The number of hydrogen-bond acceptors (Lipinski definition) is 7. The third kappa shape index (κ3) is 5.18. The molecule has 1 unspecified atom stereocenters. The summed E-state index contributed by atoms with van der Waals surface area (Å²) in [6, 6.07) is 6.14. The molecule has 30 heavy (non-hydrogen) atoms. The van der Waals surface area contributed by atoms with E-state index in [1.54, 1.807) is 6.20 Å². The molecule has 160 valence electrons. The van der Waals surface area contributed by atoms with Gasteiger partial charge in [0.05, 0.1) is 18.2 Å². The molecule has 0 saturated carbocycles. The number of carbonyl (C=O) groups is 2. The van der Waals surface area contributed by atoms with Crippen molar-refractivity contribution < 1.29 is 9.59 Å². The molecule has 1 N–H and O–H groups in total. The van der Waals surface area contributed by atoms with Crippen molar-refractivity contribution in [2.24, 2.45) is 5.92 Å². The van der Waals surface area contributed by atoms with Crippen LogP contribution >= 0.6 is 0 Å². The summed E-state index contributed by atoms with van der Waals surface area (Å²) in [6.07, 6.45) is 7.02. The van der Waals surface area contributed by atoms with Gasteiger partial charge in [-0.05, 0) is 54.8 Å². The van der Waals surface area contributed by atoms with Crippen LogP contribution in [0.1, 0.15) is 31.4 Å². The SMILES string of the molecule is O=C(NCc1ccccn1)C1CCCN(C2CCN(C(=O)Cn3cnnn3)CC2)C1. The normalized spacial score (nSPS) is 20.8. The summed E-state index contributed by atoms with van der Waals surface area (Å²) in [6.45, 7) is 3.93. The van der Waals surface area contributed by atoms with Gasteiger partial charge in [-0.15, -0.1) is 5.10 Å². The third-order valence-corrected chi connectivity index (χ3v) is 6.02. The Hall–Kier alpha value is -2.88. The highest BCUT2D eigenvalue weighted by Crippen LogP contribution is 2.24. The number of nitrogens with zero attached hydrogens (tertiary/aromatic N) is 7. The molecule has 2 aliphatic heterocycles. The molecule has 2 aliphatic rings. The van der Waals surface area contributed by atoms with Crippen molar-refractivity contribution in [2.75, 3.05) is 26.2 Å².